The van der Waals surface area contributed by atoms with E-state index in [1.807, 2.05) is 0 Å². The number of aliphatic imine (C=N–C) groups is 1. The van der Waals surface area contributed by atoms with Gasteiger partial charge in [-0.3, -0.25) is 48.1 Å². The van der Waals surface area contributed by atoms with Crippen LogP contribution in [0.4, 0.5) is 0 Å². The van der Waals surface area contributed by atoms with Gasteiger partial charge in [-0.2, -0.15) is 0 Å². The molecule has 0 saturated carbocycles. The second-order valence-corrected chi connectivity index (χ2v) is 17.2. The molecule has 368 valence electrons. The number of phenolic OH excluding ortho intramolecular Hbond substituents is 1. The maximum Gasteiger partial charge on any atom is 0.303 e. The van der Waals surface area contributed by atoms with Crippen LogP contribution in [0.25, 0.3) is 0 Å². The summed E-state index contributed by atoms with van der Waals surface area (Å²) in [6.45, 7) is 9.41. The molecule has 0 spiro atoms. The molecule has 1 aliphatic rings. The Hall–Kier alpha value is -6.56. The zero-order chi connectivity index (χ0) is 50.0. The molecule has 0 radical (unpaired) electrons. The monoisotopic (exact) mass is 933 g/mol. The fraction of sp³-hybridized carbons (Fsp3) is 0.619. The SMILES string of the molecule is CC(C)C[C@@H](NC(=O)[C@@H](CCC(=O)O)NC(=O)[C@@H](C(C)C)N1C[C@@H](NC(=O)C(NC(=O)[C@@H](Cc2ccc(O)cc2)NC(=O)[C@H](N)CCCN=C(N)N)[C@@H](C)O)CC1=O)C(=O)N[C@H](C)C(N)=O. The van der Waals surface area contributed by atoms with Gasteiger partial charge in [0, 0.05) is 32.4 Å². The molecule has 17 N–H and O–H groups in total. The minimum absolute atomic E-state index is 0.0443. The number of carboxylic acid groups (broad SMARTS) is 1. The van der Waals surface area contributed by atoms with Gasteiger partial charge in [0.1, 0.15) is 42.0 Å². The third-order valence-electron chi connectivity index (χ3n) is 10.5. The fourth-order valence-electron chi connectivity index (χ4n) is 7.01. The number of rotatable bonds is 27. The van der Waals surface area contributed by atoms with Gasteiger partial charge in [0.15, 0.2) is 5.96 Å². The van der Waals surface area contributed by atoms with Crippen LogP contribution in [0.2, 0.25) is 0 Å². The zero-order valence-corrected chi connectivity index (χ0v) is 38.2. The van der Waals surface area contributed by atoms with Crippen molar-refractivity contribution in [1.29, 1.82) is 0 Å². The summed E-state index contributed by atoms with van der Waals surface area (Å²) in [5.74, 6) is -8.47. The Labute approximate surface area is 383 Å². The van der Waals surface area contributed by atoms with Crippen molar-refractivity contribution >= 4 is 59.2 Å². The number of nitrogens with zero attached hydrogens (tertiary/aromatic N) is 2. The van der Waals surface area contributed by atoms with Gasteiger partial charge in [0.05, 0.1) is 18.2 Å². The van der Waals surface area contributed by atoms with E-state index in [4.69, 9.17) is 22.9 Å². The highest BCUT2D eigenvalue weighted by Crippen LogP contribution is 2.21. The van der Waals surface area contributed by atoms with Crippen LogP contribution >= 0.6 is 0 Å². The molecule has 1 unspecified atom stereocenters. The van der Waals surface area contributed by atoms with Gasteiger partial charge >= 0.3 is 5.97 Å². The number of hydrogen-bond donors (Lipinski definition) is 13. The van der Waals surface area contributed by atoms with E-state index in [1.54, 1.807) is 27.7 Å². The number of phenols is 1. The first-order valence-electron chi connectivity index (χ1n) is 21.7. The molecule has 1 aromatic rings. The molecular weight excluding hydrogens is 865 g/mol. The van der Waals surface area contributed by atoms with Crippen molar-refractivity contribution in [3.8, 4) is 5.75 Å². The van der Waals surface area contributed by atoms with Gasteiger partial charge in [-0.25, -0.2) is 0 Å². The highest BCUT2D eigenvalue weighted by Gasteiger charge is 2.42. The Morgan fingerprint density at radius 3 is 1.89 bits per heavy atom. The van der Waals surface area contributed by atoms with Crippen LogP contribution in [-0.2, 0) is 49.6 Å². The van der Waals surface area contributed by atoms with Crippen molar-refractivity contribution in [3.05, 3.63) is 29.8 Å². The smallest absolute Gasteiger partial charge is 0.303 e. The van der Waals surface area contributed by atoms with Crippen LogP contribution in [-0.4, -0.2) is 147 Å². The lowest BCUT2D eigenvalue weighted by Crippen LogP contribution is -2.60. The van der Waals surface area contributed by atoms with Crippen LogP contribution < -0.4 is 54.8 Å². The number of likely N-dealkylation sites (tertiary alicyclic amines) is 1. The highest BCUT2D eigenvalue weighted by molar-refractivity contribution is 5.97. The largest absolute Gasteiger partial charge is 0.508 e. The number of primary amides is 1. The topological polar surface area (TPSA) is 406 Å². The maximum absolute atomic E-state index is 14.0. The second kappa shape index (κ2) is 26.4. The van der Waals surface area contributed by atoms with Crippen molar-refractivity contribution in [2.45, 2.75) is 141 Å². The van der Waals surface area contributed by atoms with Crippen molar-refractivity contribution < 1.29 is 58.5 Å². The summed E-state index contributed by atoms with van der Waals surface area (Å²) in [5, 5.41) is 45.1. The Kier molecular flexibility index (Phi) is 22.2. The number of aromatic hydroxyl groups is 1. The average Bonchev–Trinajstić information content (AvgIpc) is 3.57. The summed E-state index contributed by atoms with van der Waals surface area (Å²) in [7, 11) is 0. The number of carboxylic acids is 1. The van der Waals surface area contributed by atoms with Gasteiger partial charge < -0.3 is 75.1 Å². The predicted octanol–water partition coefficient (Wildman–Crippen LogP) is -3.72. The lowest BCUT2D eigenvalue weighted by atomic mass is 9.99. The molecule has 2 rings (SSSR count). The van der Waals surface area contributed by atoms with Crippen LogP contribution in [0.1, 0.15) is 85.6 Å². The minimum Gasteiger partial charge on any atom is -0.508 e. The number of aliphatic hydroxyl groups excluding tert-OH is 1. The Bertz CT molecular complexity index is 1910. The lowest BCUT2D eigenvalue weighted by molar-refractivity contribution is -0.141. The van der Waals surface area contributed by atoms with E-state index in [0.717, 1.165) is 0 Å². The minimum atomic E-state index is -1.60. The highest BCUT2D eigenvalue weighted by atomic mass is 16.4. The van der Waals surface area contributed by atoms with Crippen LogP contribution in [0.5, 0.6) is 5.75 Å². The Balaban J connectivity index is 2.26. The van der Waals surface area contributed by atoms with E-state index in [9.17, 15) is 58.5 Å². The molecule has 0 aliphatic carbocycles. The number of carbonyl (C=O) groups excluding carboxylic acids is 8. The number of nitrogens with one attached hydrogen (secondary N) is 6. The molecule has 9 atom stereocenters. The molecule has 0 aromatic heterocycles. The lowest BCUT2D eigenvalue weighted by Gasteiger charge is -2.32. The quantitative estimate of drug-likeness (QED) is 0.0229. The molecule has 1 aromatic carbocycles. The number of aliphatic hydroxyl groups is 1. The molecule has 0 bridgehead atoms. The van der Waals surface area contributed by atoms with Crippen LogP contribution in [0.15, 0.2) is 29.3 Å². The normalized spacial score (nSPS) is 17.2. The fourth-order valence-corrected chi connectivity index (χ4v) is 7.01. The van der Waals surface area contributed by atoms with Gasteiger partial charge in [-0.05, 0) is 69.1 Å². The first-order chi connectivity index (χ1) is 30.8. The second-order valence-electron chi connectivity index (χ2n) is 17.2. The first kappa shape index (κ1) is 55.6. The number of benzene rings is 1. The number of carbonyl (C=O) groups is 9. The van der Waals surface area contributed by atoms with Crippen molar-refractivity contribution in [2.75, 3.05) is 13.1 Å². The average molecular weight is 933 g/mol. The summed E-state index contributed by atoms with van der Waals surface area (Å²) in [6, 6.07) is -4.11. The number of guanidine groups is 1. The van der Waals surface area contributed by atoms with Crippen LogP contribution in [0.3, 0.4) is 0 Å². The number of nitrogens with two attached hydrogens (primary N) is 4. The van der Waals surface area contributed by atoms with Gasteiger partial charge in [0.2, 0.25) is 47.3 Å². The van der Waals surface area contributed by atoms with E-state index in [2.05, 4.69) is 36.9 Å². The summed E-state index contributed by atoms with van der Waals surface area (Å²) in [4.78, 5) is 123. The Morgan fingerprint density at radius 1 is 0.773 bits per heavy atom. The summed E-state index contributed by atoms with van der Waals surface area (Å²) < 4.78 is 0. The molecule has 1 fully saturated rings. The van der Waals surface area contributed by atoms with Gasteiger partial charge in [-0.1, -0.05) is 39.8 Å². The number of amides is 8. The summed E-state index contributed by atoms with van der Waals surface area (Å²) in [6.07, 6.45) is -2.24. The molecule has 24 heteroatoms. The third-order valence-corrected chi connectivity index (χ3v) is 10.5. The van der Waals surface area contributed by atoms with E-state index < -0.39 is 126 Å². The molecule has 1 heterocycles. The predicted molar refractivity (Wildman–Crippen MR) is 239 cm³/mol. The summed E-state index contributed by atoms with van der Waals surface area (Å²) >= 11 is 0. The van der Waals surface area contributed by atoms with E-state index in [-0.39, 0.29) is 56.4 Å². The van der Waals surface area contributed by atoms with Crippen molar-refractivity contribution in [3.63, 3.8) is 0 Å². The third kappa shape index (κ3) is 18.5. The Morgan fingerprint density at radius 2 is 1.35 bits per heavy atom. The van der Waals surface area contributed by atoms with Crippen molar-refractivity contribution in [2.24, 2.45) is 39.8 Å². The van der Waals surface area contributed by atoms with Crippen LogP contribution in [0, 0.1) is 11.8 Å². The molecule has 24 nitrogen and oxygen atoms in total. The van der Waals surface area contributed by atoms with E-state index in [0.29, 0.717) is 12.0 Å². The zero-order valence-electron chi connectivity index (χ0n) is 38.2. The molecule has 1 saturated heterocycles. The molecule has 66 heavy (non-hydrogen) atoms. The van der Waals surface area contributed by atoms with Gasteiger partial charge in [0.25, 0.3) is 0 Å². The van der Waals surface area contributed by atoms with E-state index >= 15 is 0 Å². The molecular formula is C42H68N12O12. The first-order valence-corrected chi connectivity index (χ1v) is 21.7. The summed E-state index contributed by atoms with van der Waals surface area (Å²) in [5.41, 5.74) is 22.6. The number of aliphatic carboxylic acids is 1. The maximum atomic E-state index is 14.0. The molecule has 8 amide bonds. The van der Waals surface area contributed by atoms with E-state index in [1.165, 1.54) is 43.0 Å². The standard InChI is InChI=1S/C42H68N12O12/c1-20(2)16-29(38(63)48-22(5)35(44)60)52-37(62)28(13-14-32(58)59)50-41(66)34(21(3)4)54-19-25(18-31(54)57)49-40(65)33(23(6)55)53-39(64)30(17-24-9-11-26(56)12-10-24)51-36(61)27(43)8-7-15-47-42(45)46/h9-12,20-23,25,27-30,33-34,55-56H,7-8,13-19,43H2,1-6H3,(H2,44,60)(H,48,63)(H,49,65)(H,50,66)(H,51,61)(H,52,62)(H,53,64)(H,58,59)(H4,45,46,47)/t22-,23-,25+,27-,28-,29-,30-,33?,34-/m1/s1. The van der Waals surface area contributed by atoms with Gasteiger partial charge in [-0.15, -0.1) is 0 Å². The molecule has 1 aliphatic heterocycles. The number of hydrogen-bond acceptors (Lipinski definition) is 13. The van der Waals surface area contributed by atoms with Crippen molar-refractivity contribution in [1.82, 2.24) is 36.8 Å².